The smallest absolute Gasteiger partial charge is 0.381 e. The van der Waals surface area contributed by atoms with Gasteiger partial charge in [-0.15, -0.1) is 5.10 Å². The van der Waals surface area contributed by atoms with Crippen LogP contribution in [0.1, 0.15) is 11.7 Å². The second kappa shape index (κ2) is 6.62. The van der Waals surface area contributed by atoms with Gasteiger partial charge in [0.1, 0.15) is 19.4 Å². The summed E-state index contributed by atoms with van der Waals surface area (Å²) in [5.41, 5.74) is 0.935. The first-order chi connectivity index (χ1) is 11.5. The number of imidazole rings is 1. The number of benzene rings is 1. The lowest BCUT2D eigenvalue weighted by Crippen LogP contribution is -2.10. The summed E-state index contributed by atoms with van der Waals surface area (Å²) in [6.45, 7) is 2.25. The first-order valence-corrected chi connectivity index (χ1v) is 7.47. The maximum absolute atomic E-state index is 10.8. The molecule has 0 aliphatic rings. The molecule has 3 aromatic rings. The summed E-state index contributed by atoms with van der Waals surface area (Å²) in [7, 11) is 0. The Morgan fingerprint density at radius 3 is 2.79 bits per heavy atom. The molecule has 0 bridgehead atoms. The average Bonchev–Trinajstić information content (AvgIpc) is 3.10. The van der Waals surface area contributed by atoms with Crippen LogP contribution in [-0.2, 0) is 13.2 Å². The lowest BCUT2D eigenvalue weighted by Gasteiger charge is -2.04. The topological polar surface area (TPSA) is 104 Å². The number of para-hydroxylation sites is 1. The number of rotatable bonds is 6. The molecule has 0 fully saturated rings. The van der Waals surface area contributed by atoms with Crippen molar-refractivity contribution in [2.24, 2.45) is 0 Å². The standard InChI is InChI=1S/C14H14N6O3S/c1-10-16-12(20(21)22)7-18(10)8-13-17-19(14(24)23-13)9-15-11-5-3-2-4-6-11/h2-7,15H,8-9H2,1H3. The van der Waals surface area contributed by atoms with Gasteiger partial charge in [0, 0.05) is 12.6 Å². The number of nitrogens with zero attached hydrogens (tertiary/aromatic N) is 5. The minimum absolute atomic E-state index is 0.212. The van der Waals surface area contributed by atoms with E-state index >= 15 is 0 Å². The summed E-state index contributed by atoms with van der Waals surface area (Å²) in [6, 6.07) is 9.63. The SMILES string of the molecule is Cc1nc([N+](=O)[O-])cn1Cc1nn(CNc2ccccc2)c(=S)o1. The van der Waals surface area contributed by atoms with Crippen LogP contribution in [-0.4, -0.2) is 24.3 Å². The highest BCUT2D eigenvalue weighted by Crippen LogP contribution is 2.13. The monoisotopic (exact) mass is 346 g/mol. The fraction of sp³-hybridized carbons (Fsp3) is 0.214. The van der Waals surface area contributed by atoms with Crippen LogP contribution in [0.15, 0.2) is 40.9 Å². The summed E-state index contributed by atoms with van der Waals surface area (Å²) in [4.78, 5) is 14.3. The van der Waals surface area contributed by atoms with Gasteiger partial charge < -0.3 is 19.8 Å². The van der Waals surface area contributed by atoms with Gasteiger partial charge in [0.15, 0.2) is 0 Å². The molecule has 0 amide bonds. The van der Waals surface area contributed by atoms with E-state index in [1.165, 1.54) is 10.9 Å². The van der Waals surface area contributed by atoms with Crippen LogP contribution in [0.2, 0.25) is 0 Å². The largest absolute Gasteiger partial charge is 0.412 e. The van der Waals surface area contributed by atoms with Crippen molar-refractivity contribution < 1.29 is 9.34 Å². The lowest BCUT2D eigenvalue weighted by molar-refractivity contribution is -0.389. The van der Waals surface area contributed by atoms with Gasteiger partial charge >= 0.3 is 5.82 Å². The predicted molar refractivity (Wildman–Crippen MR) is 88.1 cm³/mol. The minimum Gasteiger partial charge on any atom is -0.412 e. The molecular weight excluding hydrogens is 332 g/mol. The fourth-order valence-electron chi connectivity index (χ4n) is 2.12. The molecule has 0 spiro atoms. The molecule has 124 valence electrons. The number of hydrogen-bond acceptors (Lipinski definition) is 7. The summed E-state index contributed by atoms with van der Waals surface area (Å²) in [5, 5.41) is 18.2. The number of aryl methyl sites for hydroxylation is 1. The Morgan fingerprint density at radius 2 is 2.12 bits per heavy atom. The highest BCUT2D eigenvalue weighted by Gasteiger charge is 2.17. The third-order valence-electron chi connectivity index (χ3n) is 3.31. The summed E-state index contributed by atoms with van der Waals surface area (Å²) in [5.74, 6) is 0.640. The van der Waals surface area contributed by atoms with Crippen LogP contribution in [0.25, 0.3) is 0 Å². The highest BCUT2D eigenvalue weighted by molar-refractivity contribution is 7.71. The third-order valence-corrected chi connectivity index (χ3v) is 3.60. The van der Waals surface area contributed by atoms with E-state index in [0.717, 1.165) is 5.69 Å². The Balaban J connectivity index is 1.72. The summed E-state index contributed by atoms with van der Waals surface area (Å²) >= 11 is 5.14. The van der Waals surface area contributed by atoms with E-state index in [1.807, 2.05) is 30.3 Å². The molecule has 1 aromatic carbocycles. The first kappa shape index (κ1) is 15.9. The van der Waals surface area contributed by atoms with Crippen LogP contribution in [0.5, 0.6) is 0 Å². The molecule has 0 saturated carbocycles. The van der Waals surface area contributed by atoms with E-state index in [1.54, 1.807) is 11.5 Å². The molecule has 3 rings (SSSR count). The molecule has 2 heterocycles. The van der Waals surface area contributed by atoms with Gasteiger partial charge in [-0.25, -0.2) is 4.68 Å². The molecule has 9 nitrogen and oxygen atoms in total. The van der Waals surface area contributed by atoms with Crippen molar-refractivity contribution in [1.82, 2.24) is 19.3 Å². The van der Waals surface area contributed by atoms with Crippen molar-refractivity contribution in [2.75, 3.05) is 5.32 Å². The molecule has 0 aliphatic carbocycles. The molecule has 2 aromatic heterocycles. The van der Waals surface area contributed by atoms with Gasteiger partial charge in [0.25, 0.3) is 4.84 Å². The van der Waals surface area contributed by atoms with E-state index in [2.05, 4.69) is 15.4 Å². The van der Waals surface area contributed by atoms with Gasteiger partial charge in [-0.3, -0.25) is 4.57 Å². The van der Waals surface area contributed by atoms with E-state index < -0.39 is 4.92 Å². The molecule has 0 atom stereocenters. The Morgan fingerprint density at radius 1 is 1.38 bits per heavy atom. The molecule has 0 unspecified atom stereocenters. The highest BCUT2D eigenvalue weighted by atomic mass is 32.1. The molecular formula is C14H14N6O3S. The zero-order valence-electron chi connectivity index (χ0n) is 12.7. The summed E-state index contributed by atoms with van der Waals surface area (Å²) < 4.78 is 8.54. The number of anilines is 1. The maximum Gasteiger partial charge on any atom is 0.381 e. The van der Waals surface area contributed by atoms with E-state index in [-0.39, 0.29) is 17.2 Å². The Hall–Kier alpha value is -3.01. The maximum atomic E-state index is 10.8. The normalized spacial score (nSPS) is 10.7. The molecule has 1 N–H and O–H groups in total. The quantitative estimate of drug-likeness (QED) is 0.416. The number of aromatic nitrogens is 4. The zero-order chi connectivity index (χ0) is 17.1. The second-order valence-electron chi connectivity index (χ2n) is 4.99. The van der Waals surface area contributed by atoms with E-state index in [4.69, 9.17) is 16.6 Å². The van der Waals surface area contributed by atoms with Crippen molar-refractivity contribution in [3.63, 3.8) is 0 Å². The Kier molecular flexibility index (Phi) is 4.38. The average molecular weight is 346 g/mol. The van der Waals surface area contributed by atoms with Crippen molar-refractivity contribution in [3.8, 4) is 0 Å². The van der Waals surface area contributed by atoms with Crippen LogP contribution >= 0.6 is 12.2 Å². The van der Waals surface area contributed by atoms with Crippen LogP contribution in [0.4, 0.5) is 11.5 Å². The van der Waals surface area contributed by atoms with Gasteiger partial charge in [-0.1, -0.05) is 18.2 Å². The second-order valence-corrected chi connectivity index (χ2v) is 5.34. The lowest BCUT2D eigenvalue weighted by atomic mass is 10.3. The first-order valence-electron chi connectivity index (χ1n) is 7.07. The molecule has 0 aliphatic heterocycles. The van der Waals surface area contributed by atoms with Crippen molar-refractivity contribution in [1.29, 1.82) is 0 Å². The third kappa shape index (κ3) is 3.49. The number of nitro groups is 1. The van der Waals surface area contributed by atoms with Gasteiger partial charge in [-0.05, 0) is 34.3 Å². The fourth-order valence-corrected chi connectivity index (χ4v) is 2.32. The van der Waals surface area contributed by atoms with Gasteiger partial charge in [-0.2, -0.15) is 0 Å². The minimum atomic E-state index is -0.540. The van der Waals surface area contributed by atoms with Crippen molar-refractivity contribution in [2.45, 2.75) is 20.1 Å². The van der Waals surface area contributed by atoms with Gasteiger partial charge in [0.05, 0.1) is 0 Å². The van der Waals surface area contributed by atoms with Crippen LogP contribution < -0.4 is 5.32 Å². The van der Waals surface area contributed by atoms with Crippen LogP contribution in [0.3, 0.4) is 0 Å². The summed E-state index contributed by atoms with van der Waals surface area (Å²) in [6.07, 6.45) is 1.34. The molecule has 0 radical (unpaired) electrons. The van der Waals surface area contributed by atoms with E-state index in [9.17, 15) is 10.1 Å². The number of hydrogen-bond donors (Lipinski definition) is 1. The Bertz CT molecular complexity index is 914. The van der Waals surface area contributed by atoms with Crippen molar-refractivity contribution >= 4 is 23.7 Å². The number of nitrogens with one attached hydrogen (secondary N) is 1. The Labute approximate surface area is 141 Å². The molecule has 0 saturated heterocycles. The van der Waals surface area contributed by atoms with E-state index in [0.29, 0.717) is 18.4 Å². The van der Waals surface area contributed by atoms with Crippen molar-refractivity contribution in [3.05, 3.63) is 63.2 Å². The zero-order valence-corrected chi connectivity index (χ0v) is 13.6. The molecule has 24 heavy (non-hydrogen) atoms. The van der Waals surface area contributed by atoms with Crippen LogP contribution in [0, 0.1) is 21.9 Å². The van der Waals surface area contributed by atoms with Gasteiger partial charge in [0.2, 0.25) is 11.7 Å². The molecule has 10 heteroatoms. The predicted octanol–water partition coefficient (Wildman–Crippen LogP) is 2.74.